The zero-order valence-corrected chi connectivity index (χ0v) is 14.1. The summed E-state index contributed by atoms with van der Waals surface area (Å²) in [5, 5.41) is 0. The Morgan fingerprint density at radius 2 is 1.67 bits per heavy atom. The van der Waals surface area contributed by atoms with E-state index < -0.39 is 0 Å². The van der Waals surface area contributed by atoms with E-state index in [0.29, 0.717) is 18.7 Å². The number of ether oxygens (including phenoxy) is 1. The number of hydrogen-bond donors (Lipinski definition) is 0. The maximum atomic E-state index is 13.3. The van der Waals surface area contributed by atoms with E-state index in [4.69, 9.17) is 4.74 Å². The minimum atomic E-state index is -0.359. The highest BCUT2D eigenvalue weighted by Gasteiger charge is 2.22. The fourth-order valence-corrected chi connectivity index (χ4v) is 3.32. The highest BCUT2D eigenvalue weighted by Crippen LogP contribution is 2.11. The van der Waals surface area contributed by atoms with Crippen LogP contribution in [-0.4, -0.2) is 86.2 Å². The summed E-state index contributed by atoms with van der Waals surface area (Å²) in [6.45, 7) is 9.17. The number of hydrogen-bond acceptors (Lipinski definition) is 4. The van der Waals surface area contributed by atoms with Crippen molar-refractivity contribution < 1.29 is 13.9 Å². The van der Waals surface area contributed by atoms with Crippen molar-refractivity contribution in [2.45, 2.75) is 6.42 Å². The molecule has 0 saturated carbocycles. The Labute approximate surface area is 143 Å². The molecule has 3 rings (SSSR count). The predicted octanol–water partition coefficient (Wildman–Crippen LogP) is 1.31. The van der Waals surface area contributed by atoms with Crippen LogP contribution in [0.4, 0.5) is 4.39 Å². The van der Waals surface area contributed by atoms with Crippen LogP contribution in [0.25, 0.3) is 0 Å². The molecule has 2 fully saturated rings. The summed E-state index contributed by atoms with van der Waals surface area (Å²) < 4.78 is 18.6. The molecular weight excluding hydrogens is 309 g/mol. The van der Waals surface area contributed by atoms with Crippen LogP contribution in [0, 0.1) is 5.82 Å². The Hall–Kier alpha value is -1.50. The molecule has 0 bridgehead atoms. The third-order valence-corrected chi connectivity index (χ3v) is 4.78. The van der Waals surface area contributed by atoms with Gasteiger partial charge in [-0.25, -0.2) is 4.39 Å². The van der Waals surface area contributed by atoms with Gasteiger partial charge in [0.15, 0.2) is 0 Å². The number of carbonyl (C=O) groups excluding carboxylic acids is 1. The fraction of sp³-hybridized carbons (Fsp3) is 0.611. The van der Waals surface area contributed by atoms with Crippen LogP contribution >= 0.6 is 0 Å². The van der Waals surface area contributed by atoms with Crippen molar-refractivity contribution in [1.82, 2.24) is 14.7 Å². The summed E-state index contributed by atoms with van der Waals surface area (Å²) in [5.41, 5.74) is 0.441. The number of halogens is 1. The summed E-state index contributed by atoms with van der Waals surface area (Å²) >= 11 is 0. The molecule has 0 unspecified atom stereocenters. The normalized spacial score (nSPS) is 20.3. The largest absolute Gasteiger partial charge is 0.379 e. The monoisotopic (exact) mass is 335 g/mol. The second-order valence-corrected chi connectivity index (χ2v) is 6.45. The van der Waals surface area contributed by atoms with Crippen LogP contribution in [0.1, 0.15) is 16.8 Å². The van der Waals surface area contributed by atoms with E-state index in [0.717, 1.165) is 58.9 Å². The Kier molecular flexibility index (Phi) is 6.18. The molecule has 132 valence electrons. The average Bonchev–Trinajstić information content (AvgIpc) is 2.63. The minimum absolute atomic E-state index is 0.0672. The predicted molar refractivity (Wildman–Crippen MR) is 90.6 cm³/mol. The van der Waals surface area contributed by atoms with Gasteiger partial charge in [-0.3, -0.25) is 14.6 Å². The number of carbonyl (C=O) groups is 1. The molecule has 24 heavy (non-hydrogen) atoms. The van der Waals surface area contributed by atoms with E-state index in [2.05, 4.69) is 9.80 Å². The lowest BCUT2D eigenvalue weighted by molar-refractivity contribution is 0.0349. The van der Waals surface area contributed by atoms with Crippen molar-refractivity contribution in [3.05, 3.63) is 35.6 Å². The highest BCUT2D eigenvalue weighted by atomic mass is 19.1. The summed E-state index contributed by atoms with van der Waals surface area (Å²) in [6.07, 6.45) is 1.15. The maximum absolute atomic E-state index is 13.3. The van der Waals surface area contributed by atoms with Crippen molar-refractivity contribution in [2.75, 3.05) is 65.6 Å². The first-order valence-electron chi connectivity index (χ1n) is 8.80. The number of rotatable bonds is 5. The number of nitrogens with zero attached hydrogens (tertiary/aromatic N) is 3. The quantitative estimate of drug-likeness (QED) is 0.813. The lowest BCUT2D eigenvalue weighted by atomic mass is 10.1. The lowest BCUT2D eigenvalue weighted by Gasteiger charge is -2.35. The summed E-state index contributed by atoms with van der Waals surface area (Å²) in [5.74, 6) is -0.426. The average molecular weight is 335 g/mol. The van der Waals surface area contributed by atoms with Gasteiger partial charge in [-0.15, -0.1) is 0 Å². The van der Waals surface area contributed by atoms with Gasteiger partial charge >= 0.3 is 0 Å². The standard InChI is InChI=1S/C18H26FN3O2/c19-17-4-1-3-16(15-17)18(23)22-9-7-20(8-10-22)5-2-6-21-11-13-24-14-12-21/h1,3-4,15H,2,5-14H2. The lowest BCUT2D eigenvalue weighted by Crippen LogP contribution is -2.49. The molecule has 0 atom stereocenters. The first-order valence-corrected chi connectivity index (χ1v) is 8.80. The maximum Gasteiger partial charge on any atom is 0.254 e. The molecule has 2 aliphatic heterocycles. The molecular formula is C18H26FN3O2. The Morgan fingerprint density at radius 1 is 1.00 bits per heavy atom. The number of morpholine rings is 1. The topological polar surface area (TPSA) is 36.0 Å². The second-order valence-electron chi connectivity index (χ2n) is 6.45. The van der Waals surface area contributed by atoms with Gasteiger partial charge in [0.25, 0.3) is 5.91 Å². The minimum Gasteiger partial charge on any atom is -0.379 e. The van der Waals surface area contributed by atoms with E-state index in [-0.39, 0.29) is 11.7 Å². The van der Waals surface area contributed by atoms with Crippen LogP contribution in [0.5, 0.6) is 0 Å². The zero-order valence-electron chi connectivity index (χ0n) is 14.1. The number of amides is 1. The first-order chi connectivity index (χ1) is 11.7. The van der Waals surface area contributed by atoms with E-state index in [1.165, 1.54) is 12.1 Å². The van der Waals surface area contributed by atoms with Gasteiger partial charge < -0.3 is 9.64 Å². The van der Waals surface area contributed by atoms with Crippen LogP contribution < -0.4 is 0 Å². The van der Waals surface area contributed by atoms with E-state index in [1.807, 2.05) is 4.90 Å². The van der Waals surface area contributed by atoms with Gasteiger partial charge in [-0.1, -0.05) is 6.07 Å². The third kappa shape index (κ3) is 4.75. The van der Waals surface area contributed by atoms with Gasteiger partial charge in [0, 0.05) is 44.8 Å². The molecule has 2 heterocycles. The Balaban J connectivity index is 1.38. The molecule has 0 aromatic heterocycles. The molecule has 2 aliphatic rings. The van der Waals surface area contributed by atoms with E-state index >= 15 is 0 Å². The van der Waals surface area contributed by atoms with Crippen LogP contribution in [0.3, 0.4) is 0 Å². The van der Waals surface area contributed by atoms with E-state index in [9.17, 15) is 9.18 Å². The summed E-state index contributed by atoms with van der Waals surface area (Å²) in [4.78, 5) is 19.1. The molecule has 0 N–H and O–H groups in total. The van der Waals surface area contributed by atoms with Gasteiger partial charge in [-0.05, 0) is 37.7 Å². The molecule has 1 amide bonds. The summed E-state index contributed by atoms with van der Waals surface area (Å²) in [7, 11) is 0. The summed E-state index contributed by atoms with van der Waals surface area (Å²) in [6, 6.07) is 5.95. The van der Waals surface area contributed by atoms with Crippen molar-refractivity contribution in [3.8, 4) is 0 Å². The molecule has 0 spiro atoms. The van der Waals surface area contributed by atoms with Gasteiger partial charge in [-0.2, -0.15) is 0 Å². The molecule has 0 aliphatic carbocycles. The van der Waals surface area contributed by atoms with Crippen molar-refractivity contribution in [2.24, 2.45) is 0 Å². The number of benzene rings is 1. The second kappa shape index (κ2) is 8.55. The SMILES string of the molecule is O=C(c1cccc(F)c1)N1CCN(CCCN2CCOCC2)CC1. The zero-order chi connectivity index (χ0) is 16.8. The molecule has 2 saturated heterocycles. The van der Waals surface area contributed by atoms with Crippen molar-refractivity contribution >= 4 is 5.91 Å². The Morgan fingerprint density at radius 3 is 2.33 bits per heavy atom. The Bertz CT molecular complexity index is 541. The van der Waals surface area contributed by atoms with Gasteiger partial charge in [0.2, 0.25) is 0 Å². The van der Waals surface area contributed by atoms with Gasteiger partial charge in [0.05, 0.1) is 13.2 Å². The van der Waals surface area contributed by atoms with E-state index in [1.54, 1.807) is 12.1 Å². The molecule has 1 aromatic rings. The van der Waals surface area contributed by atoms with Crippen molar-refractivity contribution in [1.29, 1.82) is 0 Å². The third-order valence-electron chi connectivity index (χ3n) is 4.78. The fourth-order valence-electron chi connectivity index (χ4n) is 3.32. The van der Waals surface area contributed by atoms with Crippen LogP contribution in [0.2, 0.25) is 0 Å². The van der Waals surface area contributed by atoms with Crippen molar-refractivity contribution in [3.63, 3.8) is 0 Å². The molecule has 5 nitrogen and oxygen atoms in total. The van der Waals surface area contributed by atoms with Crippen LogP contribution in [-0.2, 0) is 4.74 Å². The molecule has 0 radical (unpaired) electrons. The smallest absolute Gasteiger partial charge is 0.254 e. The highest BCUT2D eigenvalue weighted by molar-refractivity contribution is 5.94. The van der Waals surface area contributed by atoms with Gasteiger partial charge in [0.1, 0.15) is 5.82 Å². The molecule has 6 heteroatoms. The number of piperazine rings is 1. The molecule has 1 aromatic carbocycles. The van der Waals surface area contributed by atoms with Crippen LogP contribution in [0.15, 0.2) is 24.3 Å². The first kappa shape index (κ1) is 17.3.